The predicted molar refractivity (Wildman–Crippen MR) is 140 cm³/mol. The van der Waals surface area contributed by atoms with E-state index < -0.39 is 26.5 Å². The van der Waals surface area contributed by atoms with Gasteiger partial charge in [0, 0.05) is 0 Å². The van der Waals surface area contributed by atoms with E-state index in [0.29, 0.717) is 0 Å². The van der Waals surface area contributed by atoms with Gasteiger partial charge in [-0.05, 0) is 0 Å². The normalized spacial score (nSPS) is 12.1. The SMILES string of the molecule is C=CC[Si](CC=C)(C[CH2][Sn]([CH2]CCC)([CH2]CCC)[CH2]CCC)Cc1ccccc1. The first-order chi connectivity index (χ1) is 14.1. The molecule has 1 aromatic rings. The number of allylic oxidation sites excluding steroid dienone is 2. The van der Waals surface area contributed by atoms with Crippen molar-refractivity contribution in [3.63, 3.8) is 0 Å². The van der Waals surface area contributed by atoms with Gasteiger partial charge >= 0.3 is 189 Å². The number of rotatable bonds is 18. The molecule has 0 bridgehead atoms. The Hall–Kier alpha value is -0.284. The molecule has 0 spiro atoms. The monoisotopic (exact) mass is 520 g/mol. The summed E-state index contributed by atoms with van der Waals surface area (Å²) in [5.74, 6) is 0. The molecule has 0 aliphatic carbocycles. The Labute approximate surface area is 188 Å². The van der Waals surface area contributed by atoms with Gasteiger partial charge in [-0.25, -0.2) is 0 Å². The number of benzene rings is 1. The summed E-state index contributed by atoms with van der Waals surface area (Å²) in [5, 5.41) is 0. The van der Waals surface area contributed by atoms with Gasteiger partial charge in [0.25, 0.3) is 0 Å². The van der Waals surface area contributed by atoms with Crippen molar-refractivity contribution in [2.45, 2.75) is 101 Å². The summed E-state index contributed by atoms with van der Waals surface area (Å²) in [6.45, 7) is 15.5. The van der Waals surface area contributed by atoms with Gasteiger partial charge in [-0.15, -0.1) is 0 Å². The van der Waals surface area contributed by atoms with Gasteiger partial charge in [0.2, 0.25) is 0 Å². The van der Waals surface area contributed by atoms with Crippen molar-refractivity contribution >= 4 is 26.5 Å². The second-order valence-corrected chi connectivity index (χ2v) is 28.4. The van der Waals surface area contributed by atoms with Crippen molar-refractivity contribution in [1.29, 1.82) is 0 Å². The molecule has 1 rings (SSSR count). The zero-order valence-electron chi connectivity index (χ0n) is 19.9. The van der Waals surface area contributed by atoms with Crippen molar-refractivity contribution in [3.05, 3.63) is 61.2 Å². The first-order valence-corrected chi connectivity index (χ1v) is 23.2. The molecule has 0 saturated heterocycles. The van der Waals surface area contributed by atoms with Crippen molar-refractivity contribution in [2.24, 2.45) is 0 Å². The van der Waals surface area contributed by atoms with E-state index in [2.05, 4.69) is 76.4 Å². The average molecular weight is 519 g/mol. The molecule has 0 fully saturated rings. The summed E-state index contributed by atoms with van der Waals surface area (Å²) in [6, 6.07) is 16.6. The van der Waals surface area contributed by atoms with Gasteiger partial charge in [0.1, 0.15) is 0 Å². The van der Waals surface area contributed by atoms with E-state index >= 15 is 0 Å². The fourth-order valence-electron chi connectivity index (χ4n) is 5.10. The summed E-state index contributed by atoms with van der Waals surface area (Å²) in [7, 11) is -1.45. The van der Waals surface area contributed by atoms with E-state index in [1.54, 1.807) is 23.3 Å². The molecule has 0 saturated carbocycles. The molecule has 0 unspecified atom stereocenters. The van der Waals surface area contributed by atoms with Crippen molar-refractivity contribution < 1.29 is 0 Å². The van der Waals surface area contributed by atoms with Crippen LogP contribution in [-0.4, -0.2) is 26.5 Å². The standard InChI is InChI=1S/C15H21Si.3C4H9.Sn/c1-4-12-16(6-3,13-5-2)14-15-10-8-7-9-11-15;3*1-3-4-2;/h4-5,7-11H,1-3,6,12-14H2;3*1,3-4H2,2H3;. The molecule has 0 amide bonds. The second-order valence-electron chi connectivity index (χ2n) is 9.46. The van der Waals surface area contributed by atoms with E-state index in [1.165, 1.54) is 62.7 Å². The first kappa shape index (κ1) is 26.8. The maximum atomic E-state index is 4.18. The van der Waals surface area contributed by atoms with Gasteiger partial charge in [-0.1, -0.05) is 0 Å². The van der Waals surface area contributed by atoms with Gasteiger partial charge in [0.15, 0.2) is 0 Å². The summed E-state index contributed by atoms with van der Waals surface area (Å²) in [5.41, 5.74) is 1.54. The van der Waals surface area contributed by atoms with Crippen LogP contribution in [0.2, 0.25) is 35.9 Å². The minimum absolute atomic E-state index is 1.26. The Morgan fingerprint density at radius 2 is 1.24 bits per heavy atom. The van der Waals surface area contributed by atoms with E-state index in [0.717, 1.165) is 0 Å². The fraction of sp³-hybridized carbons (Fsp3) is 0.630. The van der Waals surface area contributed by atoms with Gasteiger partial charge in [0.05, 0.1) is 0 Å². The number of hydrogen-bond donors (Lipinski definition) is 0. The predicted octanol–water partition coefficient (Wildman–Crippen LogP) is 9.44. The van der Waals surface area contributed by atoms with Crippen LogP contribution in [0.4, 0.5) is 0 Å². The molecule has 0 atom stereocenters. The van der Waals surface area contributed by atoms with Crippen LogP contribution in [-0.2, 0) is 6.04 Å². The average Bonchev–Trinajstić information content (AvgIpc) is 2.74. The molecule has 0 radical (unpaired) electrons. The molecule has 29 heavy (non-hydrogen) atoms. The molecular formula is C27H48SiSn. The second kappa shape index (κ2) is 15.5. The van der Waals surface area contributed by atoms with Crippen LogP contribution in [0.15, 0.2) is 55.6 Å². The molecule has 1 aromatic carbocycles. The number of hydrogen-bond acceptors (Lipinski definition) is 0. The Kier molecular flexibility index (Phi) is 14.3. The Bertz CT molecular complexity index is 519. The zero-order chi connectivity index (χ0) is 21.4. The molecule has 0 aromatic heterocycles. The molecular weight excluding hydrogens is 471 g/mol. The van der Waals surface area contributed by atoms with Crippen LogP contribution in [0.25, 0.3) is 0 Å². The Morgan fingerprint density at radius 3 is 1.66 bits per heavy atom. The number of unbranched alkanes of at least 4 members (excludes halogenated alkanes) is 3. The zero-order valence-corrected chi connectivity index (χ0v) is 23.7. The molecule has 164 valence electrons. The third kappa shape index (κ3) is 10.0. The summed E-state index contributed by atoms with van der Waals surface area (Å²) in [4.78, 5) is 0. The third-order valence-corrected chi connectivity index (χ3v) is 29.0. The van der Waals surface area contributed by atoms with Crippen LogP contribution in [0, 0.1) is 0 Å². The fourth-order valence-corrected chi connectivity index (χ4v) is 32.3. The van der Waals surface area contributed by atoms with Gasteiger partial charge in [-0.3, -0.25) is 0 Å². The first-order valence-electron chi connectivity index (χ1n) is 12.3. The molecule has 2 heteroatoms. The van der Waals surface area contributed by atoms with Crippen LogP contribution >= 0.6 is 0 Å². The minimum atomic E-state index is -2.07. The summed E-state index contributed by atoms with van der Waals surface area (Å²) in [6.07, 6.45) is 13.1. The summed E-state index contributed by atoms with van der Waals surface area (Å²) >= 11 is -2.07. The Balaban J connectivity index is 3.08. The molecule has 0 N–H and O–H groups in total. The molecule has 0 aliphatic rings. The van der Waals surface area contributed by atoms with Crippen LogP contribution in [0.5, 0.6) is 0 Å². The van der Waals surface area contributed by atoms with Gasteiger partial charge in [-0.2, -0.15) is 0 Å². The summed E-state index contributed by atoms with van der Waals surface area (Å²) < 4.78 is 6.56. The van der Waals surface area contributed by atoms with Crippen molar-refractivity contribution in [1.82, 2.24) is 0 Å². The topological polar surface area (TPSA) is 0 Å². The molecule has 0 nitrogen and oxygen atoms in total. The van der Waals surface area contributed by atoms with Crippen LogP contribution in [0.1, 0.15) is 64.9 Å². The maximum absolute atomic E-state index is 4.18. The van der Waals surface area contributed by atoms with E-state index in [-0.39, 0.29) is 0 Å². The van der Waals surface area contributed by atoms with Crippen molar-refractivity contribution in [3.8, 4) is 0 Å². The molecule has 0 heterocycles. The van der Waals surface area contributed by atoms with E-state index in [9.17, 15) is 0 Å². The van der Waals surface area contributed by atoms with Crippen LogP contribution in [0.3, 0.4) is 0 Å². The Morgan fingerprint density at radius 1 is 0.759 bits per heavy atom. The third-order valence-electron chi connectivity index (χ3n) is 6.94. The van der Waals surface area contributed by atoms with Crippen LogP contribution < -0.4 is 0 Å². The van der Waals surface area contributed by atoms with E-state index in [1.807, 2.05) is 0 Å². The van der Waals surface area contributed by atoms with Crippen molar-refractivity contribution in [2.75, 3.05) is 0 Å². The van der Waals surface area contributed by atoms with Gasteiger partial charge < -0.3 is 0 Å². The van der Waals surface area contributed by atoms with E-state index in [4.69, 9.17) is 0 Å². The molecule has 0 aliphatic heterocycles. The quantitative estimate of drug-likeness (QED) is 0.134.